The third-order valence-corrected chi connectivity index (χ3v) is 2.45. The largest absolute Gasteiger partial charge is 0.529 e. The van der Waals surface area contributed by atoms with Crippen molar-refractivity contribution in [2.75, 3.05) is 0 Å². The topological polar surface area (TPSA) is 84.4 Å². The van der Waals surface area contributed by atoms with E-state index in [1.807, 2.05) is 5.10 Å². The van der Waals surface area contributed by atoms with Crippen LogP contribution >= 0.6 is 15.9 Å². The Balaban J connectivity index is 2.69. The van der Waals surface area contributed by atoms with Crippen LogP contribution < -0.4 is 0 Å². The summed E-state index contributed by atoms with van der Waals surface area (Å²) in [6.07, 6.45) is -10.5. The van der Waals surface area contributed by atoms with Gasteiger partial charge in [-0.2, -0.15) is 5.10 Å². The molecule has 0 radical (unpaired) electrons. The van der Waals surface area contributed by atoms with Crippen LogP contribution in [0.15, 0.2) is 4.47 Å². The van der Waals surface area contributed by atoms with Crippen LogP contribution in [0.3, 0.4) is 0 Å². The molecule has 0 spiro atoms. The van der Waals surface area contributed by atoms with Crippen LogP contribution in [0.4, 0.5) is 22.0 Å². The van der Waals surface area contributed by atoms with Gasteiger partial charge in [0.2, 0.25) is 0 Å². The van der Waals surface area contributed by atoms with Crippen LogP contribution in [0.25, 0.3) is 0 Å². The summed E-state index contributed by atoms with van der Waals surface area (Å²) in [4.78, 5) is 10.5. The second kappa shape index (κ2) is 5.38. The first-order valence-corrected chi connectivity index (χ1v) is 5.06. The molecule has 0 fully saturated rings. The number of H-pyrrole nitrogens is 1. The molecule has 0 aromatic carbocycles. The van der Waals surface area contributed by atoms with Gasteiger partial charge in [-0.05, 0) is 15.9 Å². The molecule has 0 saturated carbocycles. The molecule has 1 rings (SSSR count). The number of alkyl halides is 5. The fourth-order valence-electron chi connectivity index (χ4n) is 0.922. The summed E-state index contributed by atoms with van der Waals surface area (Å²) in [6, 6.07) is 0. The highest BCUT2D eigenvalue weighted by Gasteiger charge is 2.46. The number of hydrogen-bond donors (Lipinski definition) is 2. The second-order valence-corrected chi connectivity index (χ2v) is 3.76. The molecule has 12 heteroatoms. The third kappa shape index (κ3) is 4.72. The average molecular weight is 355 g/mol. The lowest BCUT2D eigenvalue weighted by molar-refractivity contribution is -0.499. The van der Waals surface area contributed by atoms with Gasteiger partial charge in [0.1, 0.15) is 0 Å². The van der Waals surface area contributed by atoms with Gasteiger partial charge >= 0.3 is 18.6 Å². The third-order valence-electron chi connectivity index (χ3n) is 1.60. The zero-order chi connectivity index (χ0) is 14.8. The normalized spacial score (nSPS) is 12.7. The summed E-state index contributed by atoms with van der Waals surface area (Å²) in [7, 11) is 0. The molecule has 0 atom stereocenters. The van der Waals surface area contributed by atoms with Gasteiger partial charge in [-0.3, -0.25) is 9.84 Å². The van der Waals surface area contributed by atoms with Crippen molar-refractivity contribution < 1.29 is 41.3 Å². The van der Waals surface area contributed by atoms with Crippen molar-refractivity contribution in [3.63, 3.8) is 0 Å². The maximum absolute atomic E-state index is 12.6. The molecule has 0 aliphatic heterocycles. The molecular formula is C7H4BrF5N2O4. The first-order chi connectivity index (χ1) is 8.52. The first-order valence-electron chi connectivity index (χ1n) is 4.26. The van der Waals surface area contributed by atoms with E-state index in [2.05, 4.69) is 30.5 Å². The lowest BCUT2D eigenvalue weighted by Crippen LogP contribution is -2.32. The second-order valence-electron chi connectivity index (χ2n) is 2.97. The Morgan fingerprint density at radius 1 is 1.37 bits per heavy atom. The number of carboxylic acids is 1. The minimum Gasteiger partial charge on any atom is -0.476 e. The number of halogens is 6. The summed E-state index contributed by atoms with van der Waals surface area (Å²) in [6.45, 7) is -1.08. The molecule has 0 bridgehead atoms. The van der Waals surface area contributed by atoms with Crippen LogP contribution in [0.5, 0.6) is 0 Å². The van der Waals surface area contributed by atoms with E-state index in [1.165, 1.54) is 0 Å². The molecule has 1 aromatic rings. The summed E-state index contributed by atoms with van der Waals surface area (Å²) in [5, 5.41) is 13.8. The maximum atomic E-state index is 12.6. The molecule has 0 aliphatic carbocycles. The molecule has 0 amide bonds. The molecule has 0 saturated heterocycles. The Morgan fingerprint density at radius 2 is 1.95 bits per heavy atom. The lowest BCUT2D eigenvalue weighted by Gasteiger charge is -2.17. The van der Waals surface area contributed by atoms with Crippen molar-refractivity contribution >= 4 is 21.9 Å². The summed E-state index contributed by atoms with van der Waals surface area (Å²) >= 11 is 2.72. The van der Waals surface area contributed by atoms with E-state index >= 15 is 0 Å². The number of aromatic amines is 1. The van der Waals surface area contributed by atoms with Gasteiger partial charge in [0.25, 0.3) is 0 Å². The van der Waals surface area contributed by atoms with Gasteiger partial charge in [-0.15, -0.1) is 22.0 Å². The van der Waals surface area contributed by atoms with E-state index in [4.69, 9.17) is 5.11 Å². The Hall–Kier alpha value is -1.27. The Morgan fingerprint density at radius 3 is 2.37 bits per heavy atom. The van der Waals surface area contributed by atoms with Crippen molar-refractivity contribution in [3.05, 3.63) is 15.9 Å². The van der Waals surface area contributed by atoms with Gasteiger partial charge in [0, 0.05) is 0 Å². The van der Waals surface area contributed by atoms with Gasteiger partial charge in [-0.1, -0.05) is 0 Å². The zero-order valence-corrected chi connectivity index (χ0v) is 10.2. The Bertz CT molecular complexity index is 475. The average Bonchev–Trinajstić information content (AvgIpc) is 2.53. The zero-order valence-electron chi connectivity index (χ0n) is 8.59. The smallest absolute Gasteiger partial charge is 0.476 e. The molecule has 0 aliphatic rings. The number of hydrogen-bond acceptors (Lipinski definition) is 4. The van der Waals surface area contributed by atoms with Gasteiger partial charge < -0.3 is 5.11 Å². The Labute approximate surface area is 109 Å². The minimum absolute atomic E-state index is 0.220. The standard InChI is InChI=1S/C7H4BrF5N2O4/c8-3-2(14-15-4(3)5(16)17)1-18-7(12,13)19-6(9,10)11/h1H2,(H,14,15)(H,16,17). The van der Waals surface area contributed by atoms with E-state index in [0.29, 0.717) is 0 Å². The van der Waals surface area contributed by atoms with Crippen LogP contribution in [0.2, 0.25) is 0 Å². The highest BCUT2D eigenvalue weighted by atomic mass is 79.9. The quantitative estimate of drug-likeness (QED) is 0.626. The fourth-order valence-corrected chi connectivity index (χ4v) is 1.38. The number of aromatic carboxylic acids is 1. The van der Waals surface area contributed by atoms with Crippen molar-refractivity contribution in [3.8, 4) is 0 Å². The summed E-state index contributed by atoms with van der Waals surface area (Å²) < 4.78 is 65.7. The number of rotatable bonds is 5. The fraction of sp³-hybridized carbons (Fsp3) is 0.429. The lowest BCUT2D eigenvalue weighted by atomic mass is 10.4. The minimum atomic E-state index is -5.58. The summed E-state index contributed by atoms with van der Waals surface area (Å²) in [5.41, 5.74) is -0.818. The van der Waals surface area contributed by atoms with Crippen molar-refractivity contribution in [1.82, 2.24) is 10.2 Å². The number of nitrogens with zero attached hydrogens (tertiary/aromatic N) is 1. The molecule has 2 N–H and O–H groups in total. The van der Waals surface area contributed by atoms with Crippen LogP contribution in [0.1, 0.15) is 16.2 Å². The number of carboxylic acid groups (broad SMARTS) is 1. The van der Waals surface area contributed by atoms with Crippen molar-refractivity contribution in [1.29, 1.82) is 0 Å². The molecule has 1 heterocycles. The van der Waals surface area contributed by atoms with Crippen molar-refractivity contribution in [2.24, 2.45) is 0 Å². The van der Waals surface area contributed by atoms with E-state index < -0.39 is 30.9 Å². The highest BCUT2D eigenvalue weighted by Crippen LogP contribution is 2.30. The van der Waals surface area contributed by atoms with Crippen LogP contribution in [-0.4, -0.2) is 33.9 Å². The number of carbonyl (C=O) groups is 1. The van der Waals surface area contributed by atoms with E-state index in [9.17, 15) is 26.7 Å². The molecule has 108 valence electrons. The first kappa shape index (κ1) is 15.8. The van der Waals surface area contributed by atoms with E-state index in [-0.39, 0.29) is 10.2 Å². The SMILES string of the molecule is O=C(O)c1n[nH]c(COC(F)(F)OC(F)(F)F)c1Br. The van der Waals surface area contributed by atoms with Gasteiger partial charge in [0.05, 0.1) is 16.8 Å². The van der Waals surface area contributed by atoms with Crippen LogP contribution in [-0.2, 0) is 16.1 Å². The Kier molecular flexibility index (Phi) is 4.47. The predicted octanol–water partition coefficient (Wildman–Crippen LogP) is 2.47. The maximum Gasteiger partial charge on any atom is 0.529 e. The number of ether oxygens (including phenoxy) is 2. The van der Waals surface area contributed by atoms with Gasteiger partial charge in [0.15, 0.2) is 5.69 Å². The molecular weight excluding hydrogens is 351 g/mol. The molecule has 1 aromatic heterocycles. The molecule has 19 heavy (non-hydrogen) atoms. The number of aromatic nitrogens is 2. The van der Waals surface area contributed by atoms with Crippen molar-refractivity contribution in [2.45, 2.75) is 19.3 Å². The highest BCUT2D eigenvalue weighted by molar-refractivity contribution is 9.10. The molecule has 0 unspecified atom stereocenters. The van der Waals surface area contributed by atoms with Gasteiger partial charge in [-0.25, -0.2) is 9.53 Å². The molecule has 6 nitrogen and oxygen atoms in total. The van der Waals surface area contributed by atoms with Crippen LogP contribution in [0, 0.1) is 0 Å². The summed E-state index contributed by atoms with van der Waals surface area (Å²) in [5.74, 6) is -1.47. The van der Waals surface area contributed by atoms with E-state index in [1.54, 1.807) is 0 Å². The number of nitrogens with one attached hydrogen (secondary N) is 1. The van der Waals surface area contributed by atoms with E-state index in [0.717, 1.165) is 0 Å². The monoisotopic (exact) mass is 354 g/mol. The predicted molar refractivity (Wildman–Crippen MR) is 50.1 cm³/mol.